The Kier molecular flexibility index (Phi) is 6.79. The molecule has 5 heteroatoms. The van der Waals surface area contributed by atoms with Gasteiger partial charge in [0, 0.05) is 19.7 Å². The zero-order valence-electron chi connectivity index (χ0n) is 11.0. The fraction of sp³-hybridized carbons (Fsp3) is 0.538. The number of aromatic nitrogens is 1. The summed E-state index contributed by atoms with van der Waals surface area (Å²) in [4.78, 5) is 15.8. The third-order valence-corrected chi connectivity index (χ3v) is 2.31. The number of nitrogens with zero attached hydrogens (tertiary/aromatic N) is 1. The van der Waals surface area contributed by atoms with E-state index in [4.69, 9.17) is 4.74 Å². The number of hydrogen-bond donors (Lipinski definition) is 2. The van der Waals surface area contributed by atoms with Gasteiger partial charge in [-0.25, -0.2) is 4.98 Å². The van der Waals surface area contributed by atoms with Gasteiger partial charge in [0.15, 0.2) is 0 Å². The predicted molar refractivity (Wildman–Crippen MR) is 71.8 cm³/mol. The minimum atomic E-state index is -0.170. The van der Waals surface area contributed by atoms with E-state index in [0.717, 1.165) is 18.7 Å². The molecule has 0 aliphatic carbocycles. The molecule has 1 heterocycles. The molecule has 0 saturated heterocycles. The van der Waals surface area contributed by atoms with E-state index in [9.17, 15) is 4.79 Å². The molecule has 0 bridgehead atoms. The van der Waals surface area contributed by atoms with Crippen LogP contribution in [0.2, 0.25) is 0 Å². The summed E-state index contributed by atoms with van der Waals surface area (Å²) in [7, 11) is 0. The summed E-state index contributed by atoms with van der Waals surface area (Å²) >= 11 is 0. The first-order valence-electron chi connectivity index (χ1n) is 6.33. The number of anilines is 1. The van der Waals surface area contributed by atoms with Crippen LogP contribution in [-0.4, -0.2) is 37.2 Å². The maximum Gasteiger partial charge on any atom is 0.269 e. The monoisotopic (exact) mass is 251 g/mol. The van der Waals surface area contributed by atoms with E-state index < -0.39 is 0 Å². The Morgan fingerprint density at radius 2 is 2.17 bits per heavy atom. The van der Waals surface area contributed by atoms with Crippen LogP contribution in [0.1, 0.15) is 30.8 Å². The van der Waals surface area contributed by atoms with E-state index in [-0.39, 0.29) is 5.91 Å². The van der Waals surface area contributed by atoms with Crippen LogP contribution in [0.15, 0.2) is 18.3 Å². The van der Waals surface area contributed by atoms with Crippen molar-refractivity contribution in [1.82, 2.24) is 10.3 Å². The molecular weight excluding hydrogens is 230 g/mol. The fourth-order valence-electron chi connectivity index (χ4n) is 1.37. The Morgan fingerprint density at radius 1 is 1.33 bits per heavy atom. The van der Waals surface area contributed by atoms with Crippen LogP contribution in [0.4, 0.5) is 5.69 Å². The van der Waals surface area contributed by atoms with Gasteiger partial charge in [-0.1, -0.05) is 6.92 Å². The van der Waals surface area contributed by atoms with E-state index in [1.165, 1.54) is 0 Å². The van der Waals surface area contributed by atoms with Crippen LogP contribution in [0.3, 0.4) is 0 Å². The van der Waals surface area contributed by atoms with E-state index in [2.05, 4.69) is 22.5 Å². The fourth-order valence-corrected chi connectivity index (χ4v) is 1.37. The van der Waals surface area contributed by atoms with Gasteiger partial charge in [0.05, 0.1) is 18.5 Å². The van der Waals surface area contributed by atoms with Crippen molar-refractivity contribution in [2.75, 3.05) is 31.6 Å². The van der Waals surface area contributed by atoms with E-state index in [0.29, 0.717) is 25.5 Å². The van der Waals surface area contributed by atoms with Crippen LogP contribution in [-0.2, 0) is 4.74 Å². The van der Waals surface area contributed by atoms with Gasteiger partial charge in [-0.05, 0) is 25.5 Å². The van der Waals surface area contributed by atoms with Gasteiger partial charge in [0.25, 0.3) is 5.91 Å². The molecule has 1 aromatic heterocycles. The number of amides is 1. The van der Waals surface area contributed by atoms with E-state index in [1.54, 1.807) is 12.3 Å². The SMILES string of the molecule is CCCNc1ccc(C(=O)NCCOCC)nc1. The molecule has 0 aromatic carbocycles. The lowest BCUT2D eigenvalue weighted by Gasteiger charge is -2.06. The molecular formula is C13H21N3O2. The molecule has 0 unspecified atom stereocenters. The van der Waals surface area contributed by atoms with Gasteiger partial charge in [-0.2, -0.15) is 0 Å². The van der Waals surface area contributed by atoms with Crippen molar-refractivity contribution >= 4 is 11.6 Å². The zero-order valence-corrected chi connectivity index (χ0v) is 11.0. The van der Waals surface area contributed by atoms with Crippen LogP contribution in [0, 0.1) is 0 Å². The first-order valence-corrected chi connectivity index (χ1v) is 6.33. The van der Waals surface area contributed by atoms with Crippen molar-refractivity contribution in [3.63, 3.8) is 0 Å². The van der Waals surface area contributed by atoms with Gasteiger partial charge in [-0.3, -0.25) is 4.79 Å². The molecule has 18 heavy (non-hydrogen) atoms. The molecule has 1 aromatic rings. The second-order valence-electron chi connectivity index (χ2n) is 3.81. The first-order chi connectivity index (χ1) is 8.77. The van der Waals surface area contributed by atoms with E-state index >= 15 is 0 Å². The molecule has 100 valence electrons. The predicted octanol–water partition coefficient (Wildman–Crippen LogP) is 1.67. The highest BCUT2D eigenvalue weighted by Gasteiger charge is 2.05. The molecule has 1 rings (SSSR count). The molecule has 0 fully saturated rings. The summed E-state index contributed by atoms with van der Waals surface area (Å²) in [6, 6.07) is 3.58. The molecule has 0 radical (unpaired) electrons. The summed E-state index contributed by atoms with van der Waals surface area (Å²) in [6.45, 7) is 6.61. The Labute approximate surface area is 108 Å². The summed E-state index contributed by atoms with van der Waals surface area (Å²) < 4.78 is 5.14. The molecule has 1 amide bonds. The molecule has 2 N–H and O–H groups in total. The van der Waals surface area contributed by atoms with Crippen molar-refractivity contribution in [2.24, 2.45) is 0 Å². The second-order valence-corrected chi connectivity index (χ2v) is 3.81. The van der Waals surface area contributed by atoms with Crippen molar-refractivity contribution < 1.29 is 9.53 Å². The lowest BCUT2D eigenvalue weighted by atomic mass is 10.3. The molecule has 0 spiro atoms. The van der Waals surface area contributed by atoms with E-state index in [1.807, 2.05) is 13.0 Å². The standard InChI is InChI=1S/C13H21N3O2/c1-3-7-14-11-5-6-12(16-10-11)13(17)15-8-9-18-4-2/h5-6,10,14H,3-4,7-9H2,1-2H3,(H,15,17). The third kappa shape index (κ3) is 5.14. The molecule has 0 atom stereocenters. The van der Waals surface area contributed by atoms with Crippen LogP contribution >= 0.6 is 0 Å². The third-order valence-electron chi connectivity index (χ3n) is 2.31. The quantitative estimate of drug-likeness (QED) is 0.690. The molecule has 0 aliphatic heterocycles. The number of carbonyl (C=O) groups is 1. The Hall–Kier alpha value is -1.62. The van der Waals surface area contributed by atoms with Crippen molar-refractivity contribution in [1.29, 1.82) is 0 Å². The van der Waals surface area contributed by atoms with Crippen LogP contribution in [0.5, 0.6) is 0 Å². The van der Waals surface area contributed by atoms with Crippen molar-refractivity contribution in [3.8, 4) is 0 Å². The lowest BCUT2D eigenvalue weighted by molar-refractivity contribution is 0.0918. The van der Waals surface area contributed by atoms with Gasteiger partial charge < -0.3 is 15.4 Å². The highest BCUT2D eigenvalue weighted by atomic mass is 16.5. The summed E-state index contributed by atoms with van der Waals surface area (Å²) in [6.07, 6.45) is 2.73. The van der Waals surface area contributed by atoms with Crippen LogP contribution < -0.4 is 10.6 Å². The number of rotatable bonds is 8. The summed E-state index contributed by atoms with van der Waals surface area (Å²) in [5.41, 5.74) is 1.36. The number of carbonyl (C=O) groups excluding carboxylic acids is 1. The number of hydrogen-bond acceptors (Lipinski definition) is 4. The summed E-state index contributed by atoms with van der Waals surface area (Å²) in [5, 5.41) is 5.96. The van der Waals surface area contributed by atoms with Crippen molar-refractivity contribution in [2.45, 2.75) is 20.3 Å². The molecule has 5 nitrogen and oxygen atoms in total. The van der Waals surface area contributed by atoms with Gasteiger partial charge in [0.1, 0.15) is 5.69 Å². The largest absolute Gasteiger partial charge is 0.384 e. The molecule has 0 saturated carbocycles. The normalized spacial score (nSPS) is 10.1. The second kappa shape index (κ2) is 8.47. The van der Waals surface area contributed by atoms with Crippen LogP contribution in [0.25, 0.3) is 0 Å². The van der Waals surface area contributed by atoms with Crippen molar-refractivity contribution in [3.05, 3.63) is 24.0 Å². The van der Waals surface area contributed by atoms with Gasteiger partial charge >= 0.3 is 0 Å². The maximum absolute atomic E-state index is 11.7. The highest BCUT2D eigenvalue weighted by molar-refractivity contribution is 5.92. The summed E-state index contributed by atoms with van der Waals surface area (Å²) in [5.74, 6) is -0.170. The Morgan fingerprint density at radius 3 is 2.78 bits per heavy atom. The molecule has 0 aliphatic rings. The average molecular weight is 251 g/mol. The number of pyridine rings is 1. The average Bonchev–Trinajstić information content (AvgIpc) is 2.41. The lowest BCUT2D eigenvalue weighted by Crippen LogP contribution is -2.27. The number of nitrogens with one attached hydrogen (secondary N) is 2. The van der Waals surface area contributed by atoms with Gasteiger partial charge in [0.2, 0.25) is 0 Å². The number of ether oxygens (including phenoxy) is 1. The highest BCUT2D eigenvalue weighted by Crippen LogP contribution is 2.05. The maximum atomic E-state index is 11.7. The minimum Gasteiger partial charge on any atom is -0.384 e. The smallest absolute Gasteiger partial charge is 0.269 e. The Bertz CT molecular complexity index is 352. The first kappa shape index (κ1) is 14.4. The van der Waals surface area contributed by atoms with Gasteiger partial charge in [-0.15, -0.1) is 0 Å². The topological polar surface area (TPSA) is 63.2 Å². The zero-order chi connectivity index (χ0) is 13.2. The minimum absolute atomic E-state index is 0.170. The Balaban J connectivity index is 2.38.